The average molecular weight is 407 g/mol. The average Bonchev–Trinajstić information content (AvgIpc) is 2.84. The highest BCUT2D eigenvalue weighted by Gasteiger charge is 2.46. The van der Waals surface area contributed by atoms with E-state index < -0.39 is 5.60 Å². The van der Waals surface area contributed by atoms with Gasteiger partial charge in [-0.15, -0.1) is 24.0 Å². The molecule has 0 saturated heterocycles. The maximum Gasteiger partial charge on any atom is 0.191 e. The summed E-state index contributed by atoms with van der Waals surface area (Å²) in [5, 5.41) is 17.0. The summed E-state index contributed by atoms with van der Waals surface area (Å²) in [6, 6.07) is 3.98. The number of hydrogen-bond acceptors (Lipinski definition) is 3. The Hall–Kier alpha value is -0.760. The summed E-state index contributed by atoms with van der Waals surface area (Å²) >= 11 is 0. The number of hydrogen-bond donors (Lipinski definition) is 3. The van der Waals surface area contributed by atoms with Crippen molar-refractivity contribution in [3.8, 4) is 0 Å². The van der Waals surface area contributed by atoms with Crippen LogP contribution < -0.4 is 10.6 Å². The van der Waals surface area contributed by atoms with Crippen LogP contribution in [-0.4, -0.2) is 30.2 Å². The van der Waals surface area contributed by atoms with Crippen molar-refractivity contribution in [1.29, 1.82) is 0 Å². The molecular weight excluding hydrogens is 381 g/mol. The summed E-state index contributed by atoms with van der Waals surface area (Å²) in [5.41, 5.74) is -0.759. The van der Waals surface area contributed by atoms with Crippen molar-refractivity contribution in [3.05, 3.63) is 24.2 Å². The van der Waals surface area contributed by atoms with Gasteiger partial charge in [-0.3, -0.25) is 0 Å². The Labute approximate surface area is 143 Å². The first-order valence-electron chi connectivity index (χ1n) is 7.16. The minimum atomic E-state index is -1.09. The Morgan fingerprint density at radius 2 is 2.24 bits per heavy atom. The number of rotatable bonds is 5. The molecule has 1 aliphatic carbocycles. The molecule has 21 heavy (non-hydrogen) atoms. The summed E-state index contributed by atoms with van der Waals surface area (Å²) in [4.78, 5) is 4.47. The van der Waals surface area contributed by atoms with Gasteiger partial charge < -0.3 is 20.2 Å². The highest BCUT2D eigenvalue weighted by atomic mass is 127. The Morgan fingerprint density at radius 3 is 2.71 bits per heavy atom. The third-order valence-corrected chi connectivity index (χ3v) is 3.77. The van der Waals surface area contributed by atoms with Gasteiger partial charge in [-0.25, -0.2) is 4.99 Å². The molecular formula is C15H26IN3O2. The molecule has 5 nitrogen and oxygen atoms in total. The monoisotopic (exact) mass is 407 g/mol. The third-order valence-electron chi connectivity index (χ3n) is 3.77. The van der Waals surface area contributed by atoms with Crippen LogP contribution in [0.25, 0.3) is 0 Å². The van der Waals surface area contributed by atoms with Gasteiger partial charge in [0.15, 0.2) is 5.96 Å². The number of halogens is 1. The van der Waals surface area contributed by atoms with Gasteiger partial charge in [0, 0.05) is 12.6 Å². The van der Waals surface area contributed by atoms with Gasteiger partial charge in [0.05, 0.1) is 12.8 Å². The topological polar surface area (TPSA) is 69.8 Å². The van der Waals surface area contributed by atoms with E-state index in [1.54, 1.807) is 25.3 Å². The summed E-state index contributed by atoms with van der Waals surface area (Å²) in [6.45, 7) is 9.24. The Morgan fingerprint density at radius 1 is 1.57 bits per heavy atom. The maximum absolute atomic E-state index is 10.4. The molecule has 1 heterocycles. The zero-order valence-corrected chi connectivity index (χ0v) is 15.5. The number of aliphatic hydroxyl groups is 1. The van der Waals surface area contributed by atoms with E-state index in [4.69, 9.17) is 4.42 Å². The summed E-state index contributed by atoms with van der Waals surface area (Å²) < 4.78 is 5.26. The Kier molecular flexibility index (Phi) is 6.10. The first kappa shape index (κ1) is 18.3. The van der Waals surface area contributed by atoms with Crippen molar-refractivity contribution in [2.24, 2.45) is 10.4 Å². The van der Waals surface area contributed by atoms with Crippen molar-refractivity contribution < 1.29 is 9.52 Å². The molecule has 120 valence electrons. The molecule has 1 fully saturated rings. The molecule has 0 radical (unpaired) electrons. The second-order valence-electron chi connectivity index (χ2n) is 6.34. The molecule has 2 atom stereocenters. The van der Waals surface area contributed by atoms with Crippen LogP contribution in [0.3, 0.4) is 0 Å². The molecule has 1 aromatic heterocycles. The molecule has 1 saturated carbocycles. The molecule has 0 amide bonds. The second kappa shape index (κ2) is 7.00. The second-order valence-corrected chi connectivity index (χ2v) is 6.34. The largest absolute Gasteiger partial charge is 0.466 e. The Bertz CT molecular complexity index is 469. The van der Waals surface area contributed by atoms with Gasteiger partial charge in [-0.05, 0) is 37.8 Å². The molecule has 0 spiro atoms. The van der Waals surface area contributed by atoms with Gasteiger partial charge in [-0.2, -0.15) is 0 Å². The predicted molar refractivity (Wildman–Crippen MR) is 95.0 cm³/mol. The number of aliphatic imine (C=N–C) groups is 1. The van der Waals surface area contributed by atoms with Crippen LogP contribution in [0.2, 0.25) is 0 Å². The number of nitrogens with one attached hydrogen (secondary N) is 2. The van der Waals surface area contributed by atoms with E-state index in [9.17, 15) is 5.11 Å². The molecule has 1 aromatic rings. The van der Waals surface area contributed by atoms with Gasteiger partial charge in [0.25, 0.3) is 0 Å². The lowest BCUT2D eigenvalue weighted by molar-refractivity contribution is 0.0437. The predicted octanol–water partition coefficient (Wildman–Crippen LogP) is 2.46. The van der Waals surface area contributed by atoms with Gasteiger partial charge in [0.1, 0.15) is 11.4 Å². The van der Waals surface area contributed by atoms with E-state index in [-0.39, 0.29) is 30.5 Å². The standard InChI is InChI=1S/C15H25N3O2.HI/c1-5-16-13(18-11-9-14(11,2)3)17-10-15(4,19)12-7-6-8-20-12;/h6-8,11,19H,5,9-10H2,1-4H3,(H2,16,17,18);1H. The summed E-state index contributed by atoms with van der Waals surface area (Å²) in [6.07, 6.45) is 2.70. The zero-order chi connectivity index (χ0) is 14.8. The van der Waals surface area contributed by atoms with Gasteiger partial charge >= 0.3 is 0 Å². The first-order chi connectivity index (χ1) is 9.35. The zero-order valence-electron chi connectivity index (χ0n) is 13.1. The molecule has 3 N–H and O–H groups in total. The third kappa shape index (κ3) is 4.88. The lowest BCUT2D eigenvalue weighted by Gasteiger charge is -2.20. The van der Waals surface area contributed by atoms with Crippen LogP contribution >= 0.6 is 24.0 Å². The first-order valence-corrected chi connectivity index (χ1v) is 7.16. The highest BCUT2D eigenvalue weighted by Crippen LogP contribution is 2.44. The van der Waals surface area contributed by atoms with E-state index in [1.807, 2.05) is 6.92 Å². The summed E-state index contributed by atoms with van der Waals surface area (Å²) in [5.74, 6) is 1.28. The fourth-order valence-corrected chi connectivity index (χ4v) is 2.09. The van der Waals surface area contributed by atoms with Crippen LogP contribution in [0.4, 0.5) is 0 Å². The quantitative estimate of drug-likeness (QED) is 0.399. The molecule has 1 aliphatic rings. The van der Waals surface area contributed by atoms with Crippen LogP contribution in [0.5, 0.6) is 0 Å². The minimum Gasteiger partial charge on any atom is -0.466 e. The van der Waals surface area contributed by atoms with E-state index in [1.165, 1.54) is 0 Å². The van der Waals surface area contributed by atoms with Crippen LogP contribution in [0.15, 0.2) is 27.8 Å². The van der Waals surface area contributed by atoms with Crippen molar-refractivity contribution in [2.75, 3.05) is 13.1 Å². The molecule has 0 bridgehead atoms. The van der Waals surface area contributed by atoms with Crippen LogP contribution in [-0.2, 0) is 5.60 Å². The molecule has 0 aliphatic heterocycles. The number of guanidine groups is 1. The van der Waals surface area contributed by atoms with Crippen molar-refractivity contribution >= 4 is 29.9 Å². The normalized spacial score (nSPS) is 22.9. The smallest absolute Gasteiger partial charge is 0.191 e. The number of furan rings is 1. The molecule has 0 aromatic carbocycles. The molecule has 6 heteroatoms. The van der Waals surface area contributed by atoms with Crippen LogP contribution in [0.1, 0.15) is 39.9 Å². The van der Waals surface area contributed by atoms with Crippen molar-refractivity contribution in [3.63, 3.8) is 0 Å². The van der Waals surface area contributed by atoms with Gasteiger partial charge in [-0.1, -0.05) is 13.8 Å². The fourth-order valence-electron chi connectivity index (χ4n) is 2.09. The fraction of sp³-hybridized carbons (Fsp3) is 0.667. The van der Waals surface area contributed by atoms with E-state index in [0.29, 0.717) is 17.2 Å². The molecule has 2 unspecified atom stereocenters. The molecule has 2 rings (SSSR count). The minimum absolute atomic E-state index is 0. The maximum atomic E-state index is 10.4. The van der Waals surface area contributed by atoms with Gasteiger partial charge in [0.2, 0.25) is 0 Å². The lowest BCUT2D eigenvalue weighted by atomic mass is 10.0. The van der Waals surface area contributed by atoms with E-state index >= 15 is 0 Å². The number of nitrogens with zero attached hydrogens (tertiary/aromatic N) is 1. The lowest BCUT2D eigenvalue weighted by Crippen LogP contribution is -2.41. The van der Waals surface area contributed by atoms with Crippen molar-refractivity contribution in [1.82, 2.24) is 10.6 Å². The van der Waals surface area contributed by atoms with E-state index in [2.05, 4.69) is 29.5 Å². The van der Waals surface area contributed by atoms with Crippen LogP contribution in [0, 0.1) is 5.41 Å². The van der Waals surface area contributed by atoms with E-state index in [0.717, 1.165) is 18.9 Å². The SMILES string of the molecule is CCNC(=NCC(C)(O)c1ccco1)NC1CC1(C)C.I. The summed E-state index contributed by atoms with van der Waals surface area (Å²) in [7, 11) is 0. The highest BCUT2D eigenvalue weighted by molar-refractivity contribution is 14.0. The van der Waals surface area contributed by atoms with Crippen molar-refractivity contribution in [2.45, 2.75) is 45.8 Å². The Balaban J connectivity index is 0.00000220.